The predicted molar refractivity (Wildman–Crippen MR) is 133 cm³/mol. The van der Waals surface area contributed by atoms with Crippen molar-refractivity contribution in [1.29, 1.82) is 0 Å². The Labute approximate surface area is 198 Å². The first kappa shape index (κ1) is 22.8. The van der Waals surface area contributed by atoms with Gasteiger partial charge in [-0.3, -0.25) is 4.99 Å². The molecule has 0 saturated carbocycles. The molecule has 0 aliphatic rings. The summed E-state index contributed by atoms with van der Waals surface area (Å²) in [5, 5.41) is 7.75. The van der Waals surface area contributed by atoms with Crippen LogP contribution in [-0.2, 0) is 19.5 Å². The van der Waals surface area contributed by atoms with Crippen molar-refractivity contribution in [2.45, 2.75) is 19.5 Å². The number of rotatable bonds is 7. The van der Waals surface area contributed by atoms with Gasteiger partial charge >= 0.3 is 0 Å². The Bertz CT molecular complexity index is 1140. The van der Waals surface area contributed by atoms with Crippen molar-refractivity contribution < 1.29 is 4.39 Å². The molecule has 31 heavy (non-hydrogen) atoms. The van der Waals surface area contributed by atoms with Crippen molar-refractivity contribution in [3.63, 3.8) is 0 Å². The first-order valence-electron chi connectivity index (χ1n) is 9.95. The largest absolute Gasteiger partial charge is 0.361 e. The van der Waals surface area contributed by atoms with Crippen LogP contribution in [0.3, 0.4) is 0 Å². The Balaban J connectivity index is 0.00000272. The predicted octanol–water partition coefficient (Wildman–Crippen LogP) is 4.08. The van der Waals surface area contributed by atoms with E-state index in [4.69, 9.17) is 0 Å². The smallest absolute Gasteiger partial charge is 0.191 e. The van der Waals surface area contributed by atoms with E-state index in [-0.39, 0.29) is 29.8 Å². The minimum Gasteiger partial charge on any atom is -0.361 e. The Hall–Kier alpha value is -2.88. The first-order chi connectivity index (χ1) is 14.7. The number of aliphatic imine (C=N–C) groups is 1. The average molecular weight is 532 g/mol. The second kappa shape index (κ2) is 10.9. The summed E-state index contributed by atoms with van der Waals surface area (Å²) in [6, 6.07) is 13.3. The number of guanidine groups is 1. The number of fused-ring (bicyclic) bond motifs is 1. The number of aromatic amines is 1. The van der Waals surface area contributed by atoms with Crippen LogP contribution in [0, 0.1) is 5.82 Å². The van der Waals surface area contributed by atoms with Crippen molar-refractivity contribution in [2.75, 3.05) is 13.6 Å². The van der Waals surface area contributed by atoms with Crippen molar-refractivity contribution in [2.24, 2.45) is 4.99 Å². The summed E-state index contributed by atoms with van der Waals surface area (Å²) in [5.74, 6) is 0.522. The molecule has 2 heterocycles. The molecule has 0 saturated heterocycles. The lowest BCUT2D eigenvalue weighted by Crippen LogP contribution is -2.37. The van der Waals surface area contributed by atoms with Crippen molar-refractivity contribution >= 4 is 40.8 Å². The Morgan fingerprint density at radius 2 is 2.03 bits per heavy atom. The summed E-state index contributed by atoms with van der Waals surface area (Å²) in [4.78, 5) is 11.5. The summed E-state index contributed by atoms with van der Waals surface area (Å²) in [5.41, 5.74) is 4.39. The molecule has 2 aromatic carbocycles. The van der Waals surface area contributed by atoms with Gasteiger partial charge in [0, 0.05) is 56.2 Å². The fourth-order valence-electron chi connectivity index (χ4n) is 3.52. The molecule has 162 valence electrons. The van der Waals surface area contributed by atoms with Crippen LogP contribution >= 0.6 is 24.0 Å². The topological polar surface area (TPSA) is 70.0 Å². The standard InChI is InChI=1S/C23H25FN6.HI/c1-25-23(27-8-7-19-14-28-22-12-20(24)5-6-21(19)22)29-13-17-3-2-4-18(11-17)15-30-10-9-26-16-30;/h2-6,9-12,14,16,28H,7-8,13,15H2,1H3,(H2,25,27,29);1H. The summed E-state index contributed by atoms with van der Waals surface area (Å²) >= 11 is 0. The number of halogens is 2. The second-order valence-electron chi connectivity index (χ2n) is 7.16. The van der Waals surface area contributed by atoms with Crippen LogP contribution in [-0.4, -0.2) is 34.1 Å². The molecule has 2 aromatic heterocycles. The van der Waals surface area contributed by atoms with Crippen molar-refractivity contribution in [3.05, 3.63) is 89.9 Å². The Kier molecular flexibility index (Phi) is 8.05. The van der Waals surface area contributed by atoms with Gasteiger partial charge in [-0.05, 0) is 41.3 Å². The van der Waals surface area contributed by atoms with Gasteiger partial charge in [0.2, 0.25) is 0 Å². The number of nitrogens with one attached hydrogen (secondary N) is 3. The molecule has 0 unspecified atom stereocenters. The highest BCUT2D eigenvalue weighted by atomic mass is 127. The van der Waals surface area contributed by atoms with Gasteiger partial charge in [-0.15, -0.1) is 24.0 Å². The van der Waals surface area contributed by atoms with Crippen molar-refractivity contribution in [3.8, 4) is 0 Å². The minimum atomic E-state index is -0.229. The number of benzene rings is 2. The van der Waals surface area contributed by atoms with E-state index in [0.717, 1.165) is 41.9 Å². The summed E-state index contributed by atoms with van der Waals surface area (Å²) < 4.78 is 15.4. The van der Waals surface area contributed by atoms with Gasteiger partial charge in [0.15, 0.2) is 5.96 Å². The van der Waals surface area contributed by atoms with Crippen LogP contribution in [0.1, 0.15) is 16.7 Å². The van der Waals surface area contributed by atoms with Gasteiger partial charge in [0.25, 0.3) is 0 Å². The summed E-state index contributed by atoms with van der Waals surface area (Å²) in [6.07, 6.45) is 8.32. The van der Waals surface area contributed by atoms with Gasteiger partial charge in [-0.1, -0.05) is 24.3 Å². The van der Waals surface area contributed by atoms with Crippen LogP contribution < -0.4 is 10.6 Å². The zero-order chi connectivity index (χ0) is 20.8. The summed E-state index contributed by atoms with van der Waals surface area (Å²) in [6.45, 7) is 2.21. The molecular formula is C23H26FIN6. The molecule has 0 atom stereocenters. The quantitative estimate of drug-likeness (QED) is 0.191. The molecule has 8 heteroatoms. The number of aromatic nitrogens is 3. The van der Waals surface area contributed by atoms with Gasteiger partial charge in [-0.2, -0.15) is 0 Å². The van der Waals surface area contributed by atoms with E-state index >= 15 is 0 Å². The molecule has 0 bridgehead atoms. The highest BCUT2D eigenvalue weighted by Crippen LogP contribution is 2.19. The van der Waals surface area contributed by atoms with E-state index < -0.39 is 0 Å². The summed E-state index contributed by atoms with van der Waals surface area (Å²) in [7, 11) is 1.76. The maximum Gasteiger partial charge on any atom is 0.191 e. The van der Waals surface area contributed by atoms with Crippen LogP contribution in [0.4, 0.5) is 4.39 Å². The van der Waals surface area contributed by atoms with Crippen molar-refractivity contribution in [1.82, 2.24) is 25.2 Å². The van der Waals surface area contributed by atoms with Crippen LogP contribution in [0.2, 0.25) is 0 Å². The molecule has 4 aromatic rings. The molecule has 0 fully saturated rings. The maximum absolute atomic E-state index is 13.3. The second-order valence-corrected chi connectivity index (χ2v) is 7.16. The van der Waals surface area contributed by atoms with Gasteiger partial charge in [0.05, 0.1) is 6.33 Å². The third kappa shape index (κ3) is 6.06. The zero-order valence-corrected chi connectivity index (χ0v) is 19.6. The lowest BCUT2D eigenvalue weighted by Gasteiger charge is -2.12. The van der Waals surface area contributed by atoms with Gasteiger partial charge < -0.3 is 20.2 Å². The Morgan fingerprint density at radius 1 is 1.16 bits per heavy atom. The van der Waals surface area contributed by atoms with Gasteiger partial charge in [-0.25, -0.2) is 9.37 Å². The first-order valence-corrected chi connectivity index (χ1v) is 9.95. The molecule has 0 radical (unpaired) electrons. The number of H-pyrrole nitrogens is 1. The third-order valence-electron chi connectivity index (χ3n) is 5.02. The van der Waals surface area contributed by atoms with Crippen LogP contribution in [0.25, 0.3) is 10.9 Å². The fraction of sp³-hybridized carbons (Fsp3) is 0.217. The van der Waals surface area contributed by atoms with E-state index in [1.165, 1.54) is 23.3 Å². The SMILES string of the molecule is CN=C(NCCc1c[nH]c2cc(F)ccc12)NCc1cccc(Cn2ccnc2)c1.I. The lowest BCUT2D eigenvalue weighted by atomic mass is 10.1. The van der Waals surface area contributed by atoms with Gasteiger partial charge in [0.1, 0.15) is 5.82 Å². The van der Waals surface area contributed by atoms with E-state index in [1.807, 2.05) is 29.4 Å². The highest BCUT2D eigenvalue weighted by Gasteiger charge is 2.05. The molecule has 0 aliphatic carbocycles. The van der Waals surface area contributed by atoms with E-state index in [2.05, 4.69) is 49.9 Å². The molecule has 0 amide bonds. The van der Waals surface area contributed by atoms with E-state index in [9.17, 15) is 4.39 Å². The van der Waals surface area contributed by atoms with E-state index in [0.29, 0.717) is 6.54 Å². The molecular weight excluding hydrogens is 506 g/mol. The number of hydrogen-bond donors (Lipinski definition) is 3. The number of nitrogens with zero attached hydrogens (tertiary/aromatic N) is 3. The number of imidazole rings is 1. The van der Waals surface area contributed by atoms with E-state index in [1.54, 1.807) is 13.2 Å². The maximum atomic E-state index is 13.3. The average Bonchev–Trinajstić information content (AvgIpc) is 3.40. The third-order valence-corrected chi connectivity index (χ3v) is 5.02. The monoisotopic (exact) mass is 532 g/mol. The molecule has 0 aliphatic heterocycles. The van der Waals surface area contributed by atoms with Crippen LogP contribution in [0.15, 0.2) is 72.4 Å². The fourth-order valence-corrected chi connectivity index (χ4v) is 3.52. The molecule has 0 spiro atoms. The normalized spacial score (nSPS) is 11.4. The Morgan fingerprint density at radius 3 is 2.84 bits per heavy atom. The molecule has 6 nitrogen and oxygen atoms in total. The highest BCUT2D eigenvalue weighted by molar-refractivity contribution is 14.0. The zero-order valence-electron chi connectivity index (χ0n) is 17.3. The molecule has 3 N–H and O–H groups in total. The number of hydrogen-bond acceptors (Lipinski definition) is 2. The minimum absolute atomic E-state index is 0. The lowest BCUT2D eigenvalue weighted by molar-refractivity contribution is 0.629. The molecule has 4 rings (SSSR count). The van der Waals surface area contributed by atoms with Crippen LogP contribution in [0.5, 0.6) is 0 Å².